The largest absolute Gasteiger partial charge is 0.480 e. The van der Waals surface area contributed by atoms with Crippen molar-refractivity contribution in [3.63, 3.8) is 0 Å². The highest BCUT2D eigenvalue weighted by Crippen LogP contribution is 2.50. The zero-order valence-electron chi connectivity index (χ0n) is 12.1. The van der Waals surface area contributed by atoms with Crippen molar-refractivity contribution in [3.8, 4) is 0 Å². The van der Waals surface area contributed by atoms with E-state index in [0.29, 0.717) is 12.5 Å². The minimum atomic E-state index is -1.17. The summed E-state index contributed by atoms with van der Waals surface area (Å²) in [5, 5.41) is 14.0. The lowest BCUT2D eigenvalue weighted by Gasteiger charge is -2.15. The number of rotatable bonds is 7. The Labute approximate surface area is 118 Å². The van der Waals surface area contributed by atoms with Gasteiger partial charge in [0.1, 0.15) is 6.04 Å². The number of hydrogen-bond donors (Lipinski definition) is 3. The van der Waals surface area contributed by atoms with Gasteiger partial charge in [-0.1, -0.05) is 13.8 Å². The molecule has 3 N–H and O–H groups in total. The number of amides is 2. The second kappa shape index (κ2) is 6.58. The minimum absolute atomic E-state index is 0.00431. The maximum atomic E-state index is 11.6. The Morgan fingerprint density at radius 2 is 2.00 bits per heavy atom. The lowest BCUT2D eigenvalue weighted by molar-refractivity contribution is -0.142. The third kappa shape index (κ3) is 5.07. The molecule has 2 amide bonds. The summed E-state index contributed by atoms with van der Waals surface area (Å²) in [6.07, 6.45) is 1.01. The normalized spacial score (nSPS) is 20.6. The molecule has 0 aromatic carbocycles. The molecule has 0 bridgehead atoms. The molecular formula is C13H22N2O5. The summed E-state index contributed by atoms with van der Waals surface area (Å²) in [7, 11) is 1.23. The van der Waals surface area contributed by atoms with E-state index < -0.39 is 24.0 Å². The lowest BCUT2D eigenvalue weighted by Crippen LogP contribution is -2.46. The van der Waals surface area contributed by atoms with Gasteiger partial charge in [-0.15, -0.1) is 0 Å². The van der Waals surface area contributed by atoms with Crippen molar-refractivity contribution < 1.29 is 24.2 Å². The standard InChI is InChI=1S/C13H22N2O5/c1-13(2)6-8(13)7-14-12(19)15-9(11(17)18)4-5-10(16)20-3/h8-9H,4-7H2,1-3H3,(H,17,18)(H2,14,15,19)/t8?,9-/m1/s1. The SMILES string of the molecule is COC(=O)CC[C@@H](NC(=O)NCC1CC1(C)C)C(=O)O. The van der Waals surface area contributed by atoms with Crippen molar-refractivity contribution in [2.75, 3.05) is 13.7 Å². The summed E-state index contributed by atoms with van der Waals surface area (Å²) in [5.74, 6) is -1.24. The van der Waals surface area contributed by atoms with Crippen LogP contribution in [0.2, 0.25) is 0 Å². The highest BCUT2D eigenvalue weighted by Gasteiger charge is 2.45. The summed E-state index contributed by atoms with van der Waals surface area (Å²) in [6.45, 7) is 4.77. The van der Waals surface area contributed by atoms with E-state index >= 15 is 0 Å². The van der Waals surface area contributed by atoms with Crippen LogP contribution >= 0.6 is 0 Å². The molecule has 0 aliphatic heterocycles. The Balaban J connectivity index is 2.31. The number of urea groups is 1. The molecule has 0 radical (unpaired) electrons. The number of carboxylic acids is 1. The first-order valence-corrected chi connectivity index (χ1v) is 6.60. The van der Waals surface area contributed by atoms with Gasteiger partial charge in [0.2, 0.25) is 0 Å². The van der Waals surface area contributed by atoms with E-state index in [4.69, 9.17) is 5.11 Å². The molecule has 1 saturated carbocycles. The minimum Gasteiger partial charge on any atom is -0.480 e. The molecule has 1 aliphatic rings. The van der Waals surface area contributed by atoms with Gasteiger partial charge >= 0.3 is 18.0 Å². The van der Waals surface area contributed by atoms with Crippen LogP contribution in [0.5, 0.6) is 0 Å². The molecule has 0 aromatic rings. The fourth-order valence-corrected chi connectivity index (χ4v) is 1.97. The molecule has 2 atom stereocenters. The van der Waals surface area contributed by atoms with E-state index in [1.807, 2.05) is 0 Å². The Hall–Kier alpha value is -1.79. The molecular weight excluding hydrogens is 264 g/mol. The van der Waals surface area contributed by atoms with E-state index in [2.05, 4.69) is 29.2 Å². The molecule has 0 aromatic heterocycles. The van der Waals surface area contributed by atoms with Gasteiger partial charge in [-0.2, -0.15) is 0 Å². The maximum Gasteiger partial charge on any atom is 0.326 e. The zero-order valence-corrected chi connectivity index (χ0v) is 12.1. The molecule has 0 spiro atoms. The Morgan fingerprint density at radius 1 is 1.40 bits per heavy atom. The number of aliphatic carboxylic acids is 1. The predicted octanol–water partition coefficient (Wildman–Crippen LogP) is 0.738. The van der Waals surface area contributed by atoms with E-state index in [-0.39, 0.29) is 18.3 Å². The van der Waals surface area contributed by atoms with Crippen molar-refractivity contribution in [2.24, 2.45) is 11.3 Å². The first-order valence-electron chi connectivity index (χ1n) is 6.60. The average Bonchev–Trinajstić information content (AvgIpc) is 2.98. The van der Waals surface area contributed by atoms with Crippen molar-refractivity contribution >= 4 is 18.0 Å². The van der Waals surface area contributed by atoms with Gasteiger partial charge in [-0.25, -0.2) is 9.59 Å². The van der Waals surface area contributed by atoms with E-state index in [1.165, 1.54) is 7.11 Å². The van der Waals surface area contributed by atoms with Gasteiger partial charge in [0.05, 0.1) is 7.11 Å². The monoisotopic (exact) mass is 286 g/mol. The van der Waals surface area contributed by atoms with Crippen LogP contribution in [0, 0.1) is 11.3 Å². The van der Waals surface area contributed by atoms with Crippen LogP contribution in [-0.4, -0.2) is 42.8 Å². The number of methoxy groups -OCH3 is 1. The smallest absolute Gasteiger partial charge is 0.326 e. The second-order valence-corrected chi connectivity index (χ2v) is 5.75. The molecule has 1 aliphatic carbocycles. The van der Waals surface area contributed by atoms with E-state index in [1.54, 1.807) is 0 Å². The molecule has 7 heteroatoms. The predicted molar refractivity (Wildman–Crippen MR) is 71.1 cm³/mol. The van der Waals surface area contributed by atoms with Crippen molar-refractivity contribution in [1.82, 2.24) is 10.6 Å². The third-order valence-corrected chi connectivity index (χ3v) is 3.69. The number of carbonyl (C=O) groups is 3. The van der Waals surface area contributed by atoms with Crippen LogP contribution in [0.15, 0.2) is 0 Å². The van der Waals surface area contributed by atoms with Crippen molar-refractivity contribution in [1.29, 1.82) is 0 Å². The zero-order chi connectivity index (χ0) is 15.3. The molecule has 7 nitrogen and oxygen atoms in total. The lowest BCUT2D eigenvalue weighted by atomic mass is 10.1. The number of ether oxygens (including phenoxy) is 1. The highest BCUT2D eigenvalue weighted by molar-refractivity contribution is 5.83. The maximum absolute atomic E-state index is 11.6. The van der Waals surface area contributed by atoms with Crippen LogP contribution in [0.3, 0.4) is 0 Å². The number of hydrogen-bond acceptors (Lipinski definition) is 4. The third-order valence-electron chi connectivity index (χ3n) is 3.69. The fraction of sp³-hybridized carbons (Fsp3) is 0.769. The number of carboxylic acid groups (broad SMARTS) is 1. The van der Waals surface area contributed by atoms with Crippen LogP contribution < -0.4 is 10.6 Å². The number of nitrogens with one attached hydrogen (secondary N) is 2. The van der Waals surface area contributed by atoms with Crippen LogP contribution in [0.1, 0.15) is 33.1 Å². The molecule has 0 saturated heterocycles. The molecule has 1 fully saturated rings. The molecule has 20 heavy (non-hydrogen) atoms. The molecule has 0 heterocycles. The molecule has 114 valence electrons. The van der Waals surface area contributed by atoms with Gasteiger partial charge in [0, 0.05) is 13.0 Å². The fourth-order valence-electron chi connectivity index (χ4n) is 1.97. The van der Waals surface area contributed by atoms with Gasteiger partial charge < -0.3 is 20.5 Å². The summed E-state index contributed by atoms with van der Waals surface area (Å²) in [4.78, 5) is 33.6. The van der Waals surface area contributed by atoms with E-state index in [9.17, 15) is 14.4 Å². The van der Waals surface area contributed by atoms with Gasteiger partial charge in [0.25, 0.3) is 0 Å². The van der Waals surface area contributed by atoms with Crippen molar-refractivity contribution in [3.05, 3.63) is 0 Å². The number of esters is 1. The van der Waals surface area contributed by atoms with Crippen LogP contribution in [0.25, 0.3) is 0 Å². The topological polar surface area (TPSA) is 105 Å². The summed E-state index contributed by atoms with van der Waals surface area (Å²) >= 11 is 0. The van der Waals surface area contributed by atoms with Gasteiger partial charge in [-0.3, -0.25) is 4.79 Å². The molecule has 1 rings (SSSR count). The quantitative estimate of drug-likeness (QED) is 0.599. The van der Waals surface area contributed by atoms with E-state index in [0.717, 1.165) is 6.42 Å². The second-order valence-electron chi connectivity index (χ2n) is 5.75. The first-order chi connectivity index (χ1) is 9.26. The van der Waals surface area contributed by atoms with Crippen LogP contribution in [0.4, 0.5) is 4.79 Å². The van der Waals surface area contributed by atoms with Gasteiger partial charge in [0.15, 0.2) is 0 Å². The molecule has 1 unspecified atom stereocenters. The Kier molecular flexibility index (Phi) is 5.35. The van der Waals surface area contributed by atoms with Gasteiger partial charge in [-0.05, 0) is 24.2 Å². The summed E-state index contributed by atoms with van der Waals surface area (Å²) in [6, 6.07) is -1.62. The highest BCUT2D eigenvalue weighted by atomic mass is 16.5. The van der Waals surface area contributed by atoms with Crippen molar-refractivity contribution in [2.45, 2.75) is 39.2 Å². The van der Waals surface area contributed by atoms with Crippen LogP contribution in [-0.2, 0) is 14.3 Å². The Bertz CT molecular complexity index is 394. The summed E-state index contributed by atoms with van der Waals surface area (Å²) in [5.41, 5.74) is 0.254. The number of carbonyl (C=O) groups excluding carboxylic acids is 2. The first kappa shape index (κ1) is 16.3. The Morgan fingerprint density at radius 3 is 2.45 bits per heavy atom. The summed E-state index contributed by atoms with van der Waals surface area (Å²) < 4.78 is 4.44. The average molecular weight is 286 g/mol.